The van der Waals surface area contributed by atoms with Crippen molar-refractivity contribution in [3.63, 3.8) is 0 Å². The van der Waals surface area contributed by atoms with E-state index in [1.807, 2.05) is 0 Å². The minimum absolute atomic E-state index is 0.0825. The van der Waals surface area contributed by atoms with Crippen molar-refractivity contribution in [1.82, 2.24) is 4.98 Å². The number of rotatable bonds is 5. The molecule has 6 nitrogen and oxygen atoms in total. The molecular formula is C15H17NO5. The molecule has 2 rings (SSSR count). The number of hydrogen-bond donors (Lipinski definition) is 0. The van der Waals surface area contributed by atoms with E-state index in [4.69, 9.17) is 18.6 Å². The Bertz CT molecular complexity index is 648. The van der Waals surface area contributed by atoms with Crippen LogP contribution in [0.5, 0.6) is 11.5 Å². The van der Waals surface area contributed by atoms with Crippen LogP contribution >= 0.6 is 0 Å². The van der Waals surface area contributed by atoms with E-state index in [0.717, 1.165) is 0 Å². The summed E-state index contributed by atoms with van der Waals surface area (Å²) in [6.45, 7) is 1.75. The number of nitrogens with zero attached hydrogens (tertiary/aromatic N) is 1. The Labute approximate surface area is 122 Å². The molecule has 0 bridgehead atoms. The summed E-state index contributed by atoms with van der Waals surface area (Å²) < 4.78 is 20.9. The van der Waals surface area contributed by atoms with Crippen LogP contribution in [-0.4, -0.2) is 32.3 Å². The maximum Gasteiger partial charge on any atom is 0.310 e. The van der Waals surface area contributed by atoms with E-state index in [0.29, 0.717) is 34.3 Å². The Hall–Kier alpha value is -2.50. The third kappa shape index (κ3) is 3.16. The van der Waals surface area contributed by atoms with Gasteiger partial charge in [-0.25, -0.2) is 4.98 Å². The Balaban J connectivity index is 2.60. The number of aryl methyl sites for hydroxylation is 1. The zero-order chi connectivity index (χ0) is 15.4. The first-order chi connectivity index (χ1) is 10.1. The van der Waals surface area contributed by atoms with Gasteiger partial charge in [-0.2, -0.15) is 0 Å². The summed E-state index contributed by atoms with van der Waals surface area (Å²) in [5.41, 5.74) is 1.36. The van der Waals surface area contributed by atoms with E-state index >= 15 is 0 Å². The third-order valence-corrected chi connectivity index (χ3v) is 3.04. The summed E-state index contributed by atoms with van der Waals surface area (Å²) in [7, 11) is 4.44. The van der Waals surface area contributed by atoms with Crippen LogP contribution in [0.4, 0.5) is 0 Å². The second-order valence-electron chi connectivity index (χ2n) is 4.36. The molecule has 6 heteroatoms. The molecule has 2 aromatic rings. The summed E-state index contributed by atoms with van der Waals surface area (Å²) in [4.78, 5) is 15.7. The van der Waals surface area contributed by atoms with Crippen LogP contribution in [0.2, 0.25) is 0 Å². The number of carbonyl (C=O) groups is 1. The van der Waals surface area contributed by atoms with Crippen LogP contribution in [0.25, 0.3) is 11.3 Å². The molecule has 0 aliphatic heterocycles. The van der Waals surface area contributed by atoms with Gasteiger partial charge in [-0.15, -0.1) is 0 Å². The molecule has 0 atom stereocenters. The standard InChI is InChI=1S/C15H17NO5/c1-9-16-8-13(21-9)15-10(6-14(17)20-4)5-11(18-2)7-12(15)19-3/h5,7-8H,6H2,1-4H3. The lowest BCUT2D eigenvalue weighted by Gasteiger charge is -2.13. The molecule has 0 saturated heterocycles. The average Bonchev–Trinajstić information content (AvgIpc) is 2.92. The van der Waals surface area contributed by atoms with E-state index in [2.05, 4.69) is 4.98 Å². The highest BCUT2D eigenvalue weighted by atomic mass is 16.5. The number of oxazole rings is 1. The number of esters is 1. The molecule has 0 fully saturated rings. The maximum atomic E-state index is 11.6. The maximum absolute atomic E-state index is 11.6. The van der Waals surface area contributed by atoms with Crippen molar-refractivity contribution in [2.24, 2.45) is 0 Å². The topological polar surface area (TPSA) is 70.8 Å². The van der Waals surface area contributed by atoms with Crippen molar-refractivity contribution in [1.29, 1.82) is 0 Å². The molecule has 1 heterocycles. The first-order valence-electron chi connectivity index (χ1n) is 6.33. The van der Waals surface area contributed by atoms with Crippen molar-refractivity contribution >= 4 is 5.97 Å². The van der Waals surface area contributed by atoms with Gasteiger partial charge in [0.15, 0.2) is 11.7 Å². The van der Waals surface area contributed by atoms with Gasteiger partial charge in [-0.3, -0.25) is 4.79 Å². The summed E-state index contributed by atoms with van der Waals surface area (Å²) in [6.07, 6.45) is 1.68. The molecule has 0 aliphatic rings. The number of methoxy groups -OCH3 is 3. The molecule has 0 radical (unpaired) electrons. The van der Waals surface area contributed by atoms with Gasteiger partial charge in [0.1, 0.15) is 11.5 Å². The molecule has 0 unspecified atom stereocenters. The van der Waals surface area contributed by atoms with Gasteiger partial charge in [0.25, 0.3) is 0 Å². The SMILES string of the molecule is COC(=O)Cc1cc(OC)cc(OC)c1-c1cnc(C)o1. The lowest BCUT2D eigenvalue weighted by molar-refractivity contribution is -0.139. The van der Waals surface area contributed by atoms with Crippen molar-refractivity contribution in [2.45, 2.75) is 13.3 Å². The number of benzene rings is 1. The molecule has 1 aromatic heterocycles. The molecule has 0 aliphatic carbocycles. The Kier molecular flexibility index (Phi) is 4.47. The van der Waals surface area contributed by atoms with E-state index in [9.17, 15) is 4.79 Å². The van der Waals surface area contributed by atoms with Crippen LogP contribution in [0.3, 0.4) is 0 Å². The largest absolute Gasteiger partial charge is 0.497 e. The summed E-state index contributed by atoms with van der Waals surface area (Å²) in [6, 6.07) is 3.49. The second-order valence-corrected chi connectivity index (χ2v) is 4.36. The van der Waals surface area contributed by atoms with Gasteiger partial charge >= 0.3 is 5.97 Å². The number of aromatic nitrogens is 1. The van der Waals surface area contributed by atoms with Gasteiger partial charge in [0, 0.05) is 13.0 Å². The van der Waals surface area contributed by atoms with Crippen molar-refractivity contribution in [3.8, 4) is 22.8 Å². The highest BCUT2D eigenvalue weighted by Gasteiger charge is 2.19. The van der Waals surface area contributed by atoms with Crippen LogP contribution in [-0.2, 0) is 16.0 Å². The molecule has 0 N–H and O–H groups in total. The molecule has 0 spiro atoms. The molecule has 112 valence electrons. The zero-order valence-electron chi connectivity index (χ0n) is 12.4. The number of hydrogen-bond acceptors (Lipinski definition) is 6. The smallest absolute Gasteiger partial charge is 0.310 e. The van der Waals surface area contributed by atoms with Gasteiger partial charge in [0.2, 0.25) is 0 Å². The van der Waals surface area contributed by atoms with Crippen LogP contribution < -0.4 is 9.47 Å². The molecule has 0 saturated carbocycles. The third-order valence-electron chi connectivity index (χ3n) is 3.04. The fraction of sp³-hybridized carbons (Fsp3) is 0.333. The van der Waals surface area contributed by atoms with E-state index in [1.54, 1.807) is 39.5 Å². The first-order valence-corrected chi connectivity index (χ1v) is 6.33. The molecular weight excluding hydrogens is 274 g/mol. The van der Waals surface area contributed by atoms with Gasteiger partial charge < -0.3 is 18.6 Å². The van der Waals surface area contributed by atoms with E-state index < -0.39 is 0 Å². The second kappa shape index (κ2) is 6.30. The Morgan fingerprint density at radius 2 is 2.00 bits per heavy atom. The fourth-order valence-corrected chi connectivity index (χ4v) is 2.05. The molecule has 1 aromatic carbocycles. The van der Waals surface area contributed by atoms with Crippen LogP contribution in [0.1, 0.15) is 11.5 Å². The Morgan fingerprint density at radius 1 is 1.24 bits per heavy atom. The molecule has 21 heavy (non-hydrogen) atoms. The van der Waals surface area contributed by atoms with Crippen molar-refractivity contribution in [3.05, 3.63) is 29.8 Å². The highest BCUT2D eigenvalue weighted by molar-refractivity contribution is 5.79. The number of ether oxygens (including phenoxy) is 3. The monoisotopic (exact) mass is 291 g/mol. The fourth-order valence-electron chi connectivity index (χ4n) is 2.05. The predicted molar refractivity (Wildman–Crippen MR) is 75.5 cm³/mol. The van der Waals surface area contributed by atoms with Crippen LogP contribution in [0, 0.1) is 6.92 Å². The first kappa shape index (κ1) is 14.9. The summed E-state index contributed by atoms with van der Waals surface area (Å²) in [5, 5.41) is 0. The van der Waals surface area contributed by atoms with Gasteiger partial charge in [0.05, 0.1) is 39.5 Å². The lowest BCUT2D eigenvalue weighted by atomic mass is 10.0. The average molecular weight is 291 g/mol. The van der Waals surface area contributed by atoms with Gasteiger partial charge in [-0.05, 0) is 11.6 Å². The Morgan fingerprint density at radius 3 is 2.52 bits per heavy atom. The summed E-state index contributed by atoms with van der Waals surface area (Å²) in [5.74, 6) is 1.84. The normalized spacial score (nSPS) is 10.3. The highest BCUT2D eigenvalue weighted by Crippen LogP contribution is 2.37. The van der Waals surface area contributed by atoms with Crippen molar-refractivity contribution in [2.75, 3.05) is 21.3 Å². The number of carbonyl (C=O) groups excluding carboxylic acids is 1. The van der Waals surface area contributed by atoms with E-state index in [-0.39, 0.29) is 12.4 Å². The van der Waals surface area contributed by atoms with Gasteiger partial charge in [-0.1, -0.05) is 0 Å². The minimum Gasteiger partial charge on any atom is -0.497 e. The summed E-state index contributed by atoms with van der Waals surface area (Å²) >= 11 is 0. The molecule has 0 amide bonds. The lowest BCUT2D eigenvalue weighted by Crippen LogP contribution is -2.07. The van der Waals surface area contributed by atoms with Crippen molar-refractivity contribution < 1.29 is 23.4 Å². The minimum atomic E-state index is -0.359. The van der Waals surface area contributed by atoms with E-state index in [1.165, 1.54) is 7.11 Å². The predicted octanol–water partition coefficient (Wildman–Crippen LogP) is 2.38. The van der Waals surface area contributed by atoms with Crippen LogP contribution in [0.15, 0.2) is 22.7 Å². The zero-order valence-corrected chi connectivity index (χ0v) is 12.4. The quantitative estimate of drug-likeness (QED) is 0.788.